The maximum atomic E-state index is 11.8. The smallest absolute Gasteiger partial charge is 0.303 e. The van der Waals surface area contributed by atoms with Gasteiger partial charge in [0.2, 0.25) is 5.91 Å². The molecule has 0 aromatic heterocycles. The largest absolute Gasteiger partial charge is 0.481 e. The summed E-state index contributed by atoms with van der Waals surface area (Å²) in [5.41, 5.74) is -0.482. The molecule has 0 aromatic rings. The number of rotatable bonds is 6. The molecule has 1 aliphatic rings. The second-order valence-corrected chi connectivity index (χ2v) is 5.52. The van der Waals surface area contributed by atoms with E-state index in [4.69, 9.17) is 9.84 Å². The molecule has 18 heavy (non-hydrogen) atoms. The molecular formula is C13H23NO4. The van der Waals surface area contributed by atoms with E-state index in [1.54, 1.807) is 0 Å². The van der Waals surface area contributed by atoms with Gasteiger partial charge in [0.05, 0.1) is 12.5 Å². The zero-order valence-corrected chi connectivity index (χ0v) is 11.2. The van der Waals surface area contributed by atoms with Crippen molar-refractivity contribution < 1.29 is 19.4 Å². The number of carbonyl (C=O) groups excluding carboxylic acids is 1. The van der Waals surface area contributed by atoms with Gasteiger partial charge in [-0.25, -0.2) is 0 Å². The fourth-order valence-electron chi connectivity index (χ4n) is 2.09. The number of aliphatic carboxylic acids is 1. The molecule has 5 heteroatoms. The van der Waals surface area contributed by atoms with Crippen LogP contribution < -0.4 is 5.32 Å². The second-order valence-electron chi connectivity index (χ2n) is 5.52. The Labute approximate surface area is 108 Å². The third-order valence-corrected chi connectivity index (χ3v) is 3.13. The van der Waals surface area contributed by atoms with Crippen molar-refractivity contribution in [3.63, 3.8) is 0 Å². The maximum Gasteiger partial charge on any atom is 0.303 e. The molecule has 0 bridgehead atoms. The Balaban J connectivity index is 2.30. The third-order valence-electron chi connectivity index (χ3n) is 3.13. The number of carboxylic acids is 1. The van der Waals surface area contributed by atoms with Crippen molar-refractivity contribution in [2.75, 3.05) is 6.61 Å². The van der Waals surface area contributed by atoms with Gasteiger partial charge in [-0.05, 0) is 39.5 Å². The zero-order valence-electron chi connectivity index (χ0n) is 11.2. The van der Waals surface area contributed by atoms with Crippen LogP contribution in [0.1, 0.15) is 52.4 Å². The summed E-state index contributed by atoms with van der Waals surface area (Å²) in [6.07, 6.45) is 4.00. The summed E-state index contributed by atoms with van der Waals surface area (Å²) < 4.78 is 5.51. The number of hydrogen-bond acceptors (Lipinski definition) is 3. The van der Waals surface area contributed by atoms with Crippen molar-refractivity contribution in [2.45, 2.75) is 64.0 Å². The van der Waals surface area contributed by atoms with Crippen molar-refractivity contribution in [1.29, 1.82) is 0 Å². The van der Waals surface area contributed by atoms with Crippen molar-refractivity contribution in [2.24, 2.45) is 0 Å². The molecule has 104 valence electrons. The molecule has 0 aromatic carbocycles. The highest BCUT2D eigenvalue weighted by molar-refractivity contribution is 5.77. The van der Waals surface area contributed by atoms with Crippen molar-refractivity contribution in [3.8, 4) is 0 Å². The Bertz CT molecular complexity index is 295. The monoisotopic (exact) mass is 257 g/mol. The van der Waals surface area contributed by atoms with E-state index in [0.29, 0.717) is 12.8 Å². The first kappa shape index (κ1) is 15.0. The van der Waals surface area contributed by atoms with Gasteiger partial charge in [-0.3, -0.25) is 9.59 Å². The first-order valence-corrected chi connectivity index (χ1v) is 6.53. The van der Waals surface area contributed by atoms with Crippen LogP contribution in [0, 0.1) is 0 Å². The normalized spacial score (nSPS) is 20.4. The van der Waals surface area contributed by atoms with E-state index in [-0.39, 0.29) is 18.4 Å². The van der Waals surface area contributed by atoms with Crippen molar-refractivity contribution in [3.05, 3.63) is 0 Å². The molecule has 1 rings (SSSR count). The molecule has 0 radical (unpaired) electrons. The molecule has 0 saturated carbocycles. The number of amides is 1. The lowest BCUT2D eigenvalue weighted by Gasteiger charge is -2.28. The van der Waals surface area contributed by atoms with Gasteiger partial charge in [0.25, 0.3) is 0 Å². The van der Waals surface area contributed by atoms with E-state index in [0.717, 1.165) is 25.9 Å². The quantitative estimate of drug-likeness (QED) is 0.759. The number of hydrogen-bond donors (Lipinski definition) is 2. The minimum atomic E-state index is -0.840. The summed E-state index contributed by atoms with van der Waals surface area (Å²) in [6.45, 7) is 4.42. The summed E-state index contributed by atoms with van der Waals surface area (Å²) in [5.74, 6) is -0.898. The molecule has 1 atom stereocenters. The van der Waals surface area contributed by atoms with Crippen molar-refractivity contribution >= 4 is 11.9 Å². The first-order chi connectivity index (χ1) is 8.39. The molecular weight excluding hydrogens is 234 g/mol. The van der Waals surface area contributed by atoms with E-state index >= 15 is 0 Å². The Morgan fingerprint density at radius 3 is 2.67 bits per heavy atom. The van der Waals surface area contributed by atoms with Crippen LogP contribution in [0.5, 0.6) is 0 Å². The van der Waals surface area contributed by atoms with Crippen LogP contribution in [-0.2, 0) is 14.3 Å². The molecule has 1 unspecified atom stereocenters. The third kappa shape index (κ3) is 6.00. The molecule has 1 saturated heterocycles. The Morgan fingerprint density at radius 1 is 1.39 bits per heavy atom. The maximum absolute atomic E-state index is 11.8. The van der Waals surface area contributed by atoms with Crippen LogP contribution in [0.25, 0.3) is 0 Å². The fourth-order valence-corrected chi connectivity index (χ4v) is 2.09. The van der Waals surface area contributed by atoms with E-state index < -0.39 is 11.5 Å². The minimum absolute atomic E-state index is 0.0222. The highest BCUT2D eigenvalue weighted by Crippen LogP contribution is 2.17. The van der Waals surface area contributed by atoms with Gasteiger partial charge in [0.15, 0.2) is 0 Å². The predicted molar refractivity (Wildman–Crippen MR) is 67.3 cm³/mol. The minimum Gasteiger partial charge on any atom is -0.481 e. The molecule has 0 spiro atoms. The fraction of sp³-hybridized carbons (Fsp3) is 0.846. The molecule has 1 aliphatic heterocycles. The van der Waals surface area contributed by atoms with Gasteiger partial charge >= 0.3 is 5.97 Å². The van der Waals surface area contributed by atoms with E-state index in [1.165, 1.54) is 0 Å². The molecule has 0 aliphatic carbocycles. The molecule has 2 N–H and O–H groups in total. The lowest BCUT2D eigenvalue weighted by molar-refractivity contribution is -0.138. The van der Waals surface area contributed by atoms with E-state index in [1.807, 2.05) is 13.8 Å². The highest BCUT2D eigenvalue weighted by atomic mass is 16.5. The number of carboxylic acid groups (broad SMARTS) is 1. The molecule has 5 nitrogen and oxygen atoms in total. The van der Waals surface area contributed by atoms with Crippen LogP contribution in [0.3, 0.4) is 0 Å². The van der Waals surface area contributed by atoms with E-state index in [2.05, 4.69) is 5.32 Å². The van der Waals surface area contributed by atoms with Gasteiger partial charge in [0.1, 0.15) is 0 Å². The molecule has 1 amide bonds. The Morgan fingerprint density at radius 2 is 2.11 bits per heavy atom. The summed E-state index contributed by atoms with van der Waals surface area (Å²) in [7, 11) is 0. The van der Waals surface area contributed by atoms with Crippen LogP contribution >= 0.6 is 0 Å². The standard InChI is InChI=1S/C13H23NO4/c1-13(2,7-6-12(16)17)14-11(15)9-10-5-3-4-8-18-10/h10H,3-9H2,1-2H3,(H,14,15)(H,16,17). The second kappa shape index (κ2) is 6.73. The zero-order chi connectivity index (χ0) is 13.6. The first-order valence-electron chi connectivity index (χ1n) is 6.53. The number of ether oxygens (including phenoxy) is 1. The lowest BCUT2D eigenvalue weighted by atomic mass is 9.97. The number of nitrogens with one attached hydrogen (secondary N) is 1. The Hall–Kier alpha value is -1.10. The molecule has 1 fully saturated rings. The van der Waals surface area contributed by atoms with Crippen molar-refractivity contribution in [1.82, 2.24) is 5.32 Å². The highest BCUT2D eigenvalue weighted by Gasteiger charge is 2.24. The van der Waals surface area contributed by atoms with Gasteiger partial charge < -0.3 is 15.2 Å². The Kier molecular flexibility index (Phi) is 5.59. The van der Waals surface area contributed by atoms with Gasteiger partial charge in [0, 0.05) is 18.6 Å². The van der Waals surface area contributed by atoms with Crippen LogP contribution in [-0.4, -0.2) is 35.2 Å². The van der Waals surface area contributed by atoms with Gasteiger partial charge in [-0.1, -0.05) is 0 Å². The van der Waals surface area contributed by atoms with E-state index in [9.17, 15) is 9.59 Å². The predicted octanol–water partition coefficient (Wildman–Crippen LogP) is 1.71. The average Bonchev–Trinajstić information content (AvgIpc) is 2.27. The SMILES string of the molecule is CC(C)(CCC(=O)O)NC(=O)CC1CCCCO1. The van der Waals surface area contributed by atoms with Crippen LogP contribution in [0.15, 0.2) is 0 Å². The van der Waals surface area contributed by atoms with Crippen LogP contribution in [0.4, 0.5) is 0 Å². The topological polar surface area (TPSA) is 75.6 Å². The lowest BCUT2D eigenvalue weighted by Crippen LogP contribution is -2.45. The van der Waals surface area contributed by atoms with Crippen LogP contribution in [0.2, 0.25) is 0 Å². The van der Waals surface area contributed by atoms with Gasteiger partial charge in [-0.2, -0.15) is 0 Å². The number of carbonyl (C=O) groups is 2. The average molecular weight is 257 g/mol. The summed E-state index contributed by atoms with van der Waals surface area (Å²) in [5, 5.41) is 11.5. The summed E-state index contributed by atoms with van der Waals surface area (Å²) >= 11 is 0. The summed E-state index contributed by atoms with van der Waals surface area (Å²) in [6, 6.07) is 0. The molecule has 1 heterocycles. The van der Waals surface area contributed by atoms with Gasteiger partial charge in [-0.15, -0.1) is 0 Å². The summed E-state index contributed by atoms with van der Waals surface area (Å²) in [4.78, 5) is 22.3.